The summed E-state index contributed by atoms with van der Waals surface area (Å²) in [4.78, 5) is 6.29. The van der Waals surface area contributed by atoms with Crippen LogP contribution in [0.3, 0.4) is 0 Å². The van der Waals surface area contributed by atoms with Crippen LogP contribution in [-0.2, 0) is 14.6 Å². The van der Waals surface area contributed by atoms with Crippen molar-refractivity contribution < 1.29 is 13.2 Å². The number of hydrogen-bond acceptors (Lipinski definition) is 4. The molecule has 0 unspecified atom stereocenters. The van der Waals surface area contributed by atoms with Crippen molar-refractivity contribution in [3.05, 3.63) is 0 Å². The molecular weight excluding hydrogens is 429 g/mol. The zero-order valence-corrected chi connectivity index (χ0v) is 17.9. The number of unbranched alkanes of at least 4 members (excludes halogenated alkanes) is 1. The van der Waals surface area contributed by atoms with E-state index in [1.54, 1.807) is 20.9 Å². The fourth-order valence-corrected chi connectivity index (χ4v) is 3.75. The smallest absolute Gasteiger partial charge is 0.193 e. The molecular formula is C15H32IN3O3S. The maximum atomic E-state index is 12.0. The first kappa shape index (κ1) is 22.9. The molecule has 0 aromatic rings. The largest absolute Gasteiger partial charge is 0.381 e. The molecule has 0 saturated carbocycles. The average molecular weight is 461 g/mol. The Balaban J connectivity index is 0.00000484. The van der Waals surface area contributed by atoms with Crippen LogP contribution in [0.15, 0.2) is 4.99 Å². The summed E-state index contributed by atoms with van der Waals surface area (Å²) in [6.07, 6.45) is 3.17. The Bertz CT molecular complexity index is 467. The van der Waals surface area contributed by atoms with Gasteiger partial charge in [0.05, 0.1) is 10.5 Å². The summed E-state index contributed by atoms with van der Waals surface area (Å²) in [6, 6.07) is 0. The van der Waals surface area contributed by atoms with Crippen LogP contribution < -0.4 is 5.32 Å². The molecule has 1 heterocycles. The monoisotopic (exact) mass is 461 g/mol. The maximum Gasteiger partial charge on any atom is 0.193 e. The molecule has 0 bridgehead atoms. The van der Waals surface area contributed by atoms with Gasteiger partial charge in [-0.05, 0) is 26.7 Å². The Morgan fingerprint density at radius 2 is 1.96 bits per heavy atom. The van der Waals surface area contributed by atoms with Crippen molar-refractivity contribution in [2.45, 2.75) is 44.8 Å². The van der Waals surface area contributed by atoms with Crippen molar-refractivity contribution in [1.82, 2.24) is 10.2 Å². The van der Waals surface area contributed by atoms with Crippen molar-refractivity contribution in [2.75, 3.05) is 45.6 Å². The standard InChI is InChI=1S/C15H31N3O3S.HI/c1-5-6-10-21-11-7-8-17-14(16-4)18-9-12-22(19,20)15(2,3)13-18;/h5-13H2,1-4H3,(H,16,17);1H. The predicted octanol–water partition coefficient (Wildman–Crippen LogP) is 1.90. The number of aliphatic imine (C=N–C) groups is 1. The average Bonchev–Trinajstić information content (AvgIpc) is 2.45. The second kappa shape index (κ2) is 10.7. The van der Waals surface area contributed by atoms with E-state index in [2.05, 4.69) is 17.2 Å². The first-order valence-corrected chi connectivity index (χ1v) is 9.75. The van der Waals surface area contributed by atoms with Crippen LogP contribution in [0.25, 0.3) is 0 Å². The van der Waals surface area contributed by atoms with E-state index in [0.29, 0.717) is 13.1 Å². The normalized spacial score (nSPS) is 20.0. The molecule has 1 fully saturated rings. The van der Waals surface area contributed by atoms with E-state index in [4.69, 9.17) is 4.74 Å². The number of rotatable bonds is 7. The summed E-state index contributed by atoms with van der Waals surface area (Å²) in [7, 11) is -1.29. The highest BCUT2D eigenvalue weighted by molar-refractivity contribution is 14.0. The molecule has 0 amide bonds. The molecule has 0 radical (unpaired) electrons. The Kier molecular flexibility index (Phi) is 10.7. The van der Waals surface area contributed by atoms with Crippen LogP contribution in [0.4, 0.5) is 0 Å². The zero-order chi connectivity index (χ0) is 16.6. The third-order valence-electron chi connectivity index (χ3n) is 3.95. The first-order chi connectivity index (χ1) is 10.3. The summed E-state index contributed by atoms with van der Waals surface area (Å²) < 4.78 is 28.9. The molecule has 1 aliphatic rings. The SMILES string of the molecule is CCCCOCCCNC(=NC)N1CCS(=O)(=O)C(C)(C)C1.I. The van der Waals surface area contributed by atoms with E-state index >= 15 is 0 Å². The van der Waals surface area contributed by atoms with E-state index in [-0.39, 0.29) is 29.7 Å². The van der Waals surface area contributed by atoms with E-state index in [9.17, 15) is 8.42 Å². The van der Waals surface area contributed by atoms with Gasteiger partial charge in [0.2, 0.25) is 0 Å². The van der Waals surface area contributed by atoms with Gasteiger partial charge in [0, 0.05) is 39.9 Å². The maximum absolute atomic E-state index is 12.0. The lowest BCUT2D eigenvalue weighted by Crippen LogP contribution is -2.57. The minimum Gasteiger partial charge on any atom is -0.381 e. The lowest BCUT2D eigenvalue weighted by atomic mass is 10.2. The van der Waals surface area contributed by atoms with E-state index in [1.165, 1.54) is 0 Å². The topological polar surface area (TPSA) is 71.0 Å². The van der Waals surface area contributed by atoms with Crippen LogP contribution in [0, 0.1) is 0 Å². The first-order valence-electron chi connectivity index (χ1n) is 8.09. The van der Waals surface area contributed by atoms with Crippen molar-refractivity contribution >= 4 is 39.8 Å². The molecule has 0 aromatic heterocycles. The Morgan fingerprint density at radius 1 is 1.30 bits per heavy atom. The molecule has 138 valence electrons. The molecule has 8 heteroatoms. The number of hydrogen-bond donors (Lipinski definition) is 1. The summed E-state index contributed by atoms with van der Waals surface area (Å²) in [5, 5.41) is 3.30. The van der Waals surface area contributed by atoms with Crippen molar-refractivity contribution in [1.29, 1.82) is 0 Å². The van der Waals surface area contributed by atoms with Crippen LogP contribution in [0.5, 0.6) is 0 Å². The fraction of sp³-hybridized carbons (Fsp3) is 0.933. The highest BCUT2D eigenvalue weighted by Gasteiger charge is 2.40. The van der Waals surface area contributed by atoms with Gasteiger partial charge in [0.25, 0.3) is 0 Å². The Hall–Kier alpha value is -0.0900. The third kappa shape index (κ3) is 7.13. The van der Waals surface area contributed by atoms with Crippen molar-refractivity contribution in [3.8, 4) is 0 Å². The van der Waals surface area contributed by atoms with E-state index in [1.807, 2.05) is 4.90 Å². The predicted molar refractivity (Wildman–Crippen MR) is 107 cm³/mol. The number of ether oxygens (including phenoxy) is 1. The summed E-state index contributed by atoms with van der Waals surface area (Å²) in [5.41, 5.74) is 0. The molecule has 1 saturated heterocycles. The Labute approximate surface area is 158 Å². The number of nitrogens with zero attached hydrogens (tertiary/aromatic N) is 2. The molecule has 0 aliphatic carbocycles. The van der Waals surface area contributed by atoms with Crippen LogP contribution in [0.2, 0.25) is 0 Å². The van der Waals surface area contributed by atoms with Gasteiger partial charge in [0.1, 0.15) is 0 Å². The van der Waals surface area contributed by atoms with Gasteiger partial charge in [-0.25, -0.2) is 8.42 Å². The second-order valence-electron chi connectivity index (χ2n) is 6.29. The van der Waals surface area contributed by atoms with Gasteiger partial charge in [0.15, 0.2) is 15.8 Å². The fourth-order valence-electron chi connectivity index (χ4n) is 2.38. The second-order valence-corrected chi connectivity index (χ2v) is 9.04. The third-order valence-corrected chi connectivity index (χ3v) is 6.48. The number of guanidine groups is 1. The quantitative estimate of drug-likeness (QED) is 0.272. The van der Waals surface area contributed by atoms with Gasteiger partial charge in [-0.3, -0.25) is 4.99 Å². The lowest BCUT2D eigenvalue weighted by Gasteiger charge is -2.39. The van der Waals surface area contributed by atoms with Gasteiger partial charge < -0.3 is 15.0 Å². The highest BCUT2D eigenvalue weighted by atomic mass is 127. The van der Waals surface area contributed by atoms with Gasteiger partial charge in [-0.1, -0.05) is 13.3 Å². The lowest BCUT2D eigenvalue weighted by molar-refractivity contribution is 0.129. The van der Waals surface area contributed by atoms with Gasteiger partial charge in [-0.15, -0.1) is 24.0 Å². The number of halogens is 1. The zero-order valence-electron chi connectivity index (χ0n) is 14.8. The van der Waals surface area contributed by atoms with Gasteiger partial charge >= 0.3 is 0 Å². The van der Waals surface area contributed by atoms with Crippen molar-refractivity contribution in [2.24, 2.45) is 4.99 Å². The Morgan fingerprint density at radius 3 is 2.52 bits per heavy atom. The summed E-state index contributed by atoms with van der Waals surface area (Å²) >= 11 is 0. The van der Waals surface area contributed by atoms with Crippen LogP contribution in [-0.4, -0.2) is 69.7 Å². The van der Waals surface area contributed by atoms with Crippen LogP contribution >= 0.6 is 24.0 Å². The van der Waals surface area contributed by atoms with Crippen LogP contribution in [0.1, 0.15) is 40.0 Å². The summed E-state index contributed by atoms with van der Waals surface area (Å²) in [5.74, 6) is 0.956. The highest BCUT2D eigenvalue weighted by Crippen LogP contribution is 2.23. The number of sulfone groups is 1. The van der Waals surface area contributed by atoms with E-state index in [0.717, 1.165) is 45.0 Å². The van der Waals surface area contributed by atoms with Gasteiger partial charge in [-0.2, -0.15) is 0 Å². The minimum atomic E-state index is -3.02. The molecule has 1 aliphatic heterocycles. The molecule has 0 aromatic carbocycles. The molecule has 1 rings (SSSR count). The minimum absolute atomic E-state index is 0. The molecule has 0 atom stereocenters. The number of nitrogens with one attached hydrogen (secondary N) is 1. The summed E-state index contributed by atoms with van der Waals surface area (Å²) in [6.45, 7) is 9.03. The molecule has 1 N–H and O–H groups in total. The molecule has 23 heavy (non-hydrogen) atoms. The molecule has 6 nitrogen and oxygen atoms in total. The van der Waals surface area contributed by atoms with E-state index < -0.39 is 14.6 Å². The molecule has 0 spiro atoms. The van der Waals surface area contributed by atoms with Crippen molar-refractivity contribution in [3.63, 3.8) is 0 Å².